The molecule has 1 heterocycles. The molecule has 1 aliphatic rings. The molecule has 6 heteroatoms. The van der Waals surface area contributed by atoms with Crippen molar-refractivity contribution in [1.82, 2.24) is 8.61 Å². The van der Waals surface area contributed by atoms with Gasteiger partial charge in [-0.05, 0) is 18.3 Å². The average molecular weight is 276 g/mol. The van der Waals surface area contributed by atoms with E-state index < -0.39 is 10.2 Å². The predicted molar refractivity (Wildman–Crippen MR) is 72.3 cm³/mol. The Bertz CT molecular complexity index is 360. The Morgan fingerprint density at radius 1 is 1.39 bits per heavy atom. The number of rotatable bonds is 6. The van der Waals surface area contributed by atoms with Crippen molar-refractivity contribution in [3.8, 4) is 0 Å². The topological polar surface area (TPSA) is 60.9 Å². The molecule has 0 aromatic rings. The second-order valence-corrected chi connectivity index (χ2v) is 7.07. The van der Waals surface area contributed by atoms with Crippen LogP contribution in [0.4, 0.5) is 0 Å². The van der Waals surface area contributed by atoms with Crippen LogP contribution in [0.2, 0.25) is 0 Å². The fourth-order valence-corrected chi connectivity index (χ4v) is 4.33. The molecule has 0 spiro atoms. The van der Waals surface area contributed by atoms with Crippen LogP contribution in [0.5, 0.6) is 0 Å². The number of aliphatic hydroxyl groups excluding tert-OH is 1. The minimum Gasteiger partial charge on any atom is -0.395 e. The molecule has 2 unspecified atom stereocenters. The van der Waals surface area contributed by atoms with Crippen molar-refractivity contribution in [3.63, 3.8) is 0 Å². The van der Waals surface area contributed by atoms with Crippen LogP contribution in [-0.4, -0.2) is 54.9 Å². The van der Waals surface area contributed by atoms with Crippen molar-refractivity contribution in [2.24, 2.45) is 11.8 Å². The molecular formula is C12H24N2O3S. The monoisotopic (exact) mass is 276 g/mol. The van der Waals surface area contributed by atoms with Gasteiger partial charge >= 0.3 is 0 Å². The zero-order valence-electron chi connectivity index (χ0n) is 11.2. The zero-order chi connectivity index (χ0) is 13.8. The maximum atomic E-state index is 12.4. The largest absolute Gasteiger partial charge is 0.395 e. The maximum absolute atomic E-state index is 12.4. The number of hydrogen-bond acceptors (Lipinski definition) is 3. The van der Waals surface area contributed by atoms with Crippen LogP contribution in [0.3, 0.4) is 0 Å². The second-order valence-electron chi connectivity index (χ2n) is 5.14. The van der Waals surface area contributed by atoms with E-state index in [4.69, 9.17) is 5.11 Å². The standard InChI is InChI=1S/C12H24N2O3S/c1-4-5-13(6-7-15)18(16,17)14-9-11(2)8-12(3)10-14/h4,11-12,15H,1,5-10H2,2-3H3. The van der Waals surface area contributed by atoms with Crippen LogP contribution >= 0.6 is 0 Å². The molecule has 0 aromatic carbocycles. The molecule has 1 aliphatic heterocycles. The summed E-state index contributed by atoms with van der Waals surface area (Å²) in [4.78, 5) is 0. The van der Waals surface area contributed by atoms with Gasteiger partial charge in [0, 0.05) is 26.2 Å². The highest BCUT2D eigenvalue weighted by atomic mass is 32.2. The van der Waals surface area contributed by atoms with Gasteiger partial charge in [-0.3, -0.25) is 0 Å². The van der Waals surface area contributed by atoms with Crippen molar-refractivity contribution in [3.05, 3.63) is 12.7 Å². The Morgan fingerprint density at radius 3 is 2.39 bits per heavy atom. The zero-order valence-corrected chi connectivity index (χ0v) is 12.1. The van der Waals surface area contributed by atoms with Crippen molar-refractivity contribution in [2.75, 3.05) is 32.8 Å². The van der Waals surface area contributed by atoms with E-state index in [1.165, 1.54) is 8.61 Å². The molecule has 5 nitrogen and oxygen atoms in total. The van der Waals surface area contributed by atoms with E-state index in [0.717, 1.165) is 6.42 Å². The summed E-state index contributed by atoms with van der Waals surface area (Å²) >= 11 is 0. The van der Waals surface area contributed by atoms with E-state index in [1.54, 1.807) is 6.08 Å². The van der Waals surface area contributed by atoms with Gasteiger partial charge in [0.25, 0.3) is 10.2 Å². The van der Waals surface area contributed by atoms with E-state index in [0.29, 0.717) is 24.9 Å². The van der Waals surface area contributed by atoms with Crippen LogP contribution in [0.25, 0.3) is 0 Å². The summed E-state index contributed by atoms with van der Waals surface area (Å²) in [5, 5.41) is 8.97. The Balaban J connectivity index is 2.85. The third kappa shape index (κ3) is 3.78. The van der Waals surface area contributed by atoms with Crippen molar-refractivity contribution >= 4 is 10.2 Å². The average Bonchev–Trinajstić information content (AvgIpc) is 2.27. The van der Waals surface area contributed by atoms with E-state index in [1.807, 2.05) is 0 Å². The predicted octanol–water partition coefficient (Wildman–Crippen LogP) is 0.689. The van der Waals surface area contributed by atoms with Gasteiger partial charge in [0.2, 0.25) is 0 Å². The van der Waals surface area contributed by atoms with E-state index in [9.17, 15) is 8.42 Å². The molecule has 1 fully saturated rings. The molecule has 18 heavy (non-hydrogen) atoms. The Kier molecular flexibility index (Phi) is 5.78. The Morgan fingerprint density at radius 2 is 1.94 bits per heavy atom. The molecule has 2 atom stereocenters. The van der Waals surface area contributed by atoms with Gasteiger partial charge in [-0.25, -0.2) is 0 Å². The van der Waals surface area contributed by atoms with Crippen LogP contribution in [-0.2, 0) is 10.2 Å². The molecule has 0 aromatic heterocycles. The van der Waals surface area contributed by atoms with Gasteiger partial charge < -0.3 is 5.11 Å². The third-order valence-electron chi connectivity index (χ3n) is 3.17. The molecule has 1 saturated heterocycles. The fraction of sp³-hybridized carbons (Fsp3) is 0.833. The first-order chi connectivity index (χ1) is 8.41. The number of aliphatic hydroxyl groups is 1. The highest BCUT2D eigenvalue weighted by Gasteiger charge is 2.33. The van der Waals surface area contributed by atoms with Gasteiger partial charge in [0.05, 0.1) is 6.61 Å². The fourth-order valence-electron chi connectivity index (χ4n) is 2.51. The van der Waals surface area contributed by atoms with Gasteiger partial charge in [-0.1, -0.05) is 19.9 Å². The number of piperidine rings is 1. The number of nitrogens with zero attached hydrogens (tertiary/aromatic N) is 2. The molecule has 0 amide bonds. The molecule has 1 N–H and O–H groups in total. The van der Waals surface area contributed by atoms with Gasteiger partial charge in [-0.2, -0.15) is 17.0 Å². The lowest BCUT2D eigenvalue weighted by atomic mass is 9.94. The highest BCUT2D eigenvalue weighted by molar-refractivity contribution is 7.86. The summed E-state index contributed by atoms with van der Waals surface area (Å²) in [5.41, 5.74) is 0. The minimum absolute atomic E-state index is 0.119. The summed E-state index contributed by atoms with van der Waals surface area (Å²) in [7, 11) is -3.48. The quantitative estimate of drug-likeness (QED) is 0.726. The highest BCUT2D eigenvalue weighted by Crippen LogP contribution is 2.24. The van der Waals surface area contributed by atoms with Crippen LogP contribution in [0.1, 0.15) is 20.3 Å². The first kappa shape index (κ1) is 15.6. The molecule has 0 bridgehead atoms. The Labute approximate surface area is 110 Å². The Hall–Kier alpha value is -0.430. The van der Waals surface area contributed by atoms with Crippen LogP contribution < -0.4 is 0 Å². The van der Waals surface area contributed by atoms with E-state index in [2.05, 4.69) is 20.4 Å². The van der Waals surface area contributed by atoms with Crippen LogP contribution in [0.15, 0.2) is 12.7 Å². The van der Waals surface area contributed by atoms with Crippen LogP contribution in [0, 0.1) is 11.8 Å². The SMILES string of the molecule is C=CCN(CCO)S(=O)(=O)N1CC(C)CC(C)C1. The van der Waals surface area contributed by atoms with Gasteiger partial charge in [-0.15, -0.1) is 6.58 Å². The molecule has 1 rings (SSSR count). The summed E-state index contributed by atoms with van der Waals surface area (Å²) < 4.78 is 27.7. The molecule has 106 valence electrons. The van der Waals surface area contributed by atoms with Crippen molar-refractivity contribution in [1.29, 1.82) is 0 Å². The summed E-state index contributed by atoms with van der Waals surface area (Å²) in [6, 6.07) is 0. The molecule has 0 aliphatic carbocycles. The second kappa shape index (κ2) is 6.65. The minimum atomic E-state index is -3.48. The lowest BCUT2D eigenvalue weighted by molar-refractivity contribution is 0.202. The number of hydrogen-bond donors (Lipinski definition) is 1. The summed E-state index contributed by atoms with van der Waals surface area (Å²) in [6.45, 7) is 9.01. The first-order valence-electron chi connectivity index (χ1n) is 6.38. The van der Waals surface area contributed by atoms with Gasteiger partial charge in [0.15, 0.2) is 0 Å². The smallest absolute Gasteiger partial charge is 0.282 e. The lowest BCUT2D eigenvalue weighted by Gasteiger charge is -2.36. The molecule has 0 radical (unpaired) electrons. The molecule has 0 saturated carbocycles. The van der Waals surface area contributed by atoms with E-state index in [-0.39, 0.29) is 19.7 Å². The van der Waals surface area contributed by atoms with E-state index >= 15 is 0 Å². The lowest BCUT2D eigenvalue weighted by Crippen LogP contribution is -2.50. The van der Waals surface area contributed by atoms with Crippen molar-refractivity contribution < 1.29 is 13.5 Å². The maximum Gasteiger partial charge on any atom is 0.282 e. The normalized spacial score (nSPS) is 26.4. The summed E-state index contributed by atoms with van der Waals surface area (Å²) in [6.07, 6.45) is 2.61. The third-order valence-corrected chi connectivity index (χ3v) is 5.11. The first-order valence-corrected chi connectivity index (χ1v) is 7.78. The van der Waals surface area contributed by atoms with Crippen molar-refractivity contribution in [2.45, 2.75) is 20.3 Å². The molecular weight excluding hydrogens is 252 g/mol. The van der Waals surface area contributed by atoms with Gasteiger partial charge in [0.1, 0.15) is 0 Å². The summed E-state index contributed by atoms with van der Waals surface area (Å²) in [5.74, 6) is 0.756.